The number of ether oxygens (including phenoxy) is 1. The van der Waals surface area contributed by atoms with Crippen LogP contribution >= 0.6 is 0 Å². The molecule has 3 rings (SSSR count). The van der Waals surface area contributed by atoms with Crippen LogP contribution in [0.15, 0.2) is 29.3 Å². The fraction of sp³-hybridized carbons (Fsp3) is 0.650. The molecule has 1 aliphatic carbocycles. The van der Waals surface area contributed by atoms with E-state index in [1.165, 1.54) is 37.7 Å². The Morgan fingerprint density at radius 1 is 1.16 bits per heavy atom. The smallest absolute Gasteiger partial charge is 0.191 e. The summed E-state index contributed by atoms with van der Waals surface area (Å²) in [4.78, 5) is 4.41. The molecule has 0 bridgehead atoms. The zero-order valence-electron chi connectivity index (χ0n) is 15.2. The van der Waals surface area contributed by atoms with Gasteiger partial charge in [-0.25, -0.2) is 4.39 Å². The third-order valence-corrected chi connectivity index (χ3v) is 5.67. The molecule has 2 fully saturated rings. The number of hydrogen-bond donors (Lipinski definition) is 2. The van der Waals surface area contributed by atoms with E-state index in [0.717, 1.165) is 38.6 Å². The van der Waals surface area contributed by atoms with Crippen molar-refractivity contribution in [2.45, 2.75) is 56.4 Å². The molecule has 0 spiro atoms. The molecule has 1 aromatic rings. The molecule has 0 amide bonds. The van der Waals surface area contributed by atoms with Crippen molar-refractivity contribution in [1.82, 2.24) is 10.6 Å². The van der Waals surface area contributed by atoms with E-state index in [1.54, 1.807) is 12.1 Å². The van der Waals surface area contributed by atoms with Gasteiger partial charge in [-0.1, -0.05) is 31.4 Å². The summed E-state index contributed by atoms with van der Waals surface area (Å²) >= 11 is 0. The molecule has 1 saturated heterocycles. The molecule has 25 heavy (non-hydrogen) atoms. The molecule has 138 valence electrons. The SMILES string of the molecule is CN=C(NCC1(c2ccc(F)cc2)CCOCC1)NC1CCCCC1. The minimum absolute atomic E-state index is 0.0316. The standard InChI is InChI=1S/C20H30FN3O/c1-22-19(24-18-5-3-2-4-6-18)23-15-20(11-13-25-14-12-20)16-7-9-17(21)10-8-16/h7-10,18H,2-6,11-15H2,1H3,(H2,22,23,24). The number of benzene rings is 1. The fourth-order valence-corrected chi connectivity index (χ4v) is 4.02. The fourth-order valence-electron chi connectivity index (χ4n) is 4.02. The normalized spacial score (nSPS) is 21.8. The summed E-state index contributed by atoms with van der Waals surface area (Å²) in [5.74, 6) is 0.688. The summed E-state index contributed by atoms with van der Waals surface area (Å²) in [6.07, 6.45) is 8.25. The molecular weight excluding hydrogens is 317 g/mol. The molecular formula is C20H30FN3O. The van der Waals surface area contributed by atoms with Crippen LogP contribution in [0.3, 0.4) is 0 Å². The molecule has 5 heteroatoms. The summed E-state index contributed by atoms with van der Waals surface area (Å²) in [7, 11) is 1.83. The van der Waals surface area contributed by atoms with Crippen LogP contribution < -0.4 is 10.6 Å². The second-order valence-corrected chi connectivity index (χ2v) is 7.30. The zero-order valence-corrected chi connectivity index (χ0v) is 15.2. The van der Waals surface area contributed by atoms with Crippen LogP contribution in [0.25, 0.3) is 0 Å². The van der Waals surface area contributed by atoms with Crippen molar-refractivity contribution < 1.29 is 9.13 Å². The van der Waals surface area contributed by atoms with Gasteiger partial charge in [0.05, 0.1) is 0 Å². The van der Waals surface area contributed by atoms with Crippen LogP contribution in [0.2, 0.25) is 0 Å². The van der Waals surface area contributed by atoms with Gasteiger partial charge < -0.3 is 15.4 Å². The maximum absolute atomic E-state index is 13.3. The Morgan fingerprint density at radius 2 is 1.84 bits per heavy atom. The zero-order chi connectivity index (χ0) is 17.5. The average molecular weight is 347 g/mol. The largest absolute Gasteiger partial charge is 0.381 e. The lowest BCUT2D eigenvalue weighted by Gasteiger charge is -2.38. The van der Waals surface area contributed by atoms with Crippen LogP contribution in [-0.4, -0.2) is 38.8 Å². The van der Waals surface area contributed by atoms with Gasteiger partial charge in [-0.3, -0.25) is 4.99 Å². The highest BCUT2D eigenvalue weighted by Crippen LogP contribution is 2.34. The van der Waals surface area contributed by atoms with Gasteiger partial charge in [0.2, 0.25) is 0 Å². The maximum atomic E-state index is 13.3. The summed E-state index contributed by atoms with van der Waals surface area (Å²) in [5, 5.41) is 7.10. The Kier molecular flexibility index (Phi) is 6.29. The second-order valence-electron chi connectivity index (χ2n) is 7.30. The Balaban J connectivity index is 1.66. The van der Waals surface area contributed by atoms with Gasteiger partial charge in [-0.05, 0) is 43.4 Å². The number of rotatable bonds is 4. The first kappa shape index (κ1) is 18.2. The summed E-state index contributed by atoms with van der Waals surface area (Å²) in [5.41, 5.74) is 1.15. The van der Waals surface area contributed by atoms with E-state index in [-0.39, 0.29) is 11.2 Å². The van der Waals surface area contributed by atoms with E-state index in [2.05, 4.69) is 15.6 Å². The van der Waals surface area contributed by atoms with Gasteiger partial charge in [0, 0.05) is 38.3 Å². The van der Waals surface area contributed by atoms with Crippen molar-refractivity contribution in [3.8, 4) is 0 Å². The molecule has 0 aromatic heterocycles. The molecule has 1 aromatic carbocycles. The number of aliphatic imine (C=N–C) groups is 1. The van der Waals surface area contributed by atoms with E-state index in [9.17, 15) is 4.39 Å². The molecule has 2 aliphatic rings. The molecule has 4 nitrogen and oxygen atoms in total. The lowest BCUT2D eigenvalue weighted by molar-refractivity contribution is 0.0513. The minimum Gasteiger partial charge on any atom is -0.381 e. The van der Waals surface area contributed by atoms with Gasteiger partial charge in [0.25, 0.3) is 0 Å². The minimum atomic E-state index is -0.186. The number of halogens is 1. The van der Waals surface area contributed by atoms with E-state index >= 15 is 0 Å². The quantitative estimate of drug-likeness (QED) is 0.648. The van der Waals surface area contributed by atoms with Crippen LogP contribution in [-0.2, 0) is 10.2 Å². The average Bonchev–Trinajstić information content (AvgIpc) is 2.67. The molecule has 0 unspecified atom stereocenters. The third kappa shape index (κ3) is 4.72. The monoisotopic (exact) mass is 347 g/mol. The predicted molar refractivity (Wildman–Crippen MR) is 99.5 cm³/mol. The van der Waals surface area contributed by atoms with E-state index in [4.69, 9.17) is 4.74 Å². The highest BCUT2D eigenvalue weighted by Gasteiger charge is 2.34. The van der Waals surface area contributed by atoms with Crippen molar-refractivity contribution in [2.24, 2.45) is 4.99 Å². The van der Waals surface area contributed by atoms with Crippen molar-refractivity contribution in [2.75, 3.05) is 26.8 Å². The Hall–Kier alpha value is -1.62. The maximum Gasteiger partial charge on any atom is 0.191 e. The summed E-state index contributed by atoms with van der Waals surface area (Å²) in [6.45, 7) is 2.27. The van der Waals surface area contributed by atoms with Crippen LogP contribution in [0.5, 0.6) is 0 Å². The highest BCUT2D eigenvalue weighted by molar-refractivity contribution is 5.80. The molecule has 1 heterocycles. The topological polar surface area (TPSA) is 45.7 Å². The van der Waals surface area contributed by atoms with E-state index < -0.39 is 0 Å². The highest BCUT2D eigenvalue weighted by atomic mass is 19.1. The Bertz CT molecular complexity index is 561. The number of nitrogens with one attached hydrogen (secondary N) is 2. The van der Waals surface area contributed by atoms with E-state index in [0.29, 0.717) is 6.04 Å². The Labute approximate surface area is 150 Å². The van der Waals surface area contributed by atoms with Crippen LogP contribution in [0, 0.1) is 5.82 Å². The van der Waals surface area contributed by atoms with Crippen LogP contribution in [0.1, 0.15) is 50.5 Å². The van der Waals surface area contributed by atoms with Gasteiger partial charge in [-0.2, -0.15) is 0 Å². The predicted octanol–water partition coefficient (Wildman–Crippen LogP) is 3.37. The third-order valence-electron chi connectivity index (χ3n) is 5.67. The van der Waals surface area contributed by atoms with Crippen LogP contribution in [0.4, 0.5) is 4.39 Å². The number of nitrogens with zero attached hydrogens (tertiary/aromatic N) is 1. The van der Waals surface area contributed by atoms with Crippen molar-refractivity contribution in [3.05, 3.63) is 35.6 Å². The summed E-state index contributed by atoms with van der Waals surface area (Å²) < 4.78 is 18.9. The molecule has 0 radical (unpaired) electrons. The molecule has 0 atom stereocenters. The molecule has 1 saturated carbocycles. The first-order valence-electron chi connectivity index (χ1n) is 9.53. The first-order valence-corrected chi connectivity index (χ1v) is 9.53. The van der Waals surface area contributed by atoms with Gasteiger partial charge in [-0.15, -0.1) is 0 Å². The Morgan fingerprint density at radius 3 is 2.48 bits per heavy atom. The van der Waals surface area contributed by atoms with E-state index in [1.807, 2.05) is 19.2 Å². The molecule has 1 aliphatic heterocycles. The van der Waals surface area contributed by atoms with Gasteiger partial charge >= 0.3 is 0 Å². The number of hydrogen-bond acceptors (Lipinski definition) is 2. The van der Waals surface area contributed by atoms with Crippen molar-refractivity contribution in [1.29, 1.82) is 0 Å². The van der Waals surface area contributed by atoms with Crippen molar-refractivity contribution in [3.63, 3.8) is 0 Å². The van der Waals surface area contributed by atoms with Gasteiger partial charge in [0.15, 0.2) is 5.96 Å². The lowest BCUT2D eigenvalue weighted by Crippen LogP contribution is -2.50. The lowest BCUT2D eigenvalue weighted by atomic mass is 9.74. The second kappa shape index (κ2) is 8.65. The van der Waals surface area contributed by atoms with Crippen molar-refractivity contribution >= 4 is 5.96 Å². The first-order chi connectivity index (χ1) is 12.2. The number of guanidine groups is 1. The molecule has 2 N–H and O–H groups in total. The summed E-state index contributed by atoms with van der Waals surface area (Å²) in [6, 6.07) is 7.47. The van der Waals surface area contributed by atoms with Gasteiger partial charge in [0.1, 0.15) is 5.82 Å².